The van der Waals surface area contributed by atoms with E-state index in [9.17, 15) is 23.1 Å². The molecule has 0 aliphatic heterocycles. The molecule has 0 aliphatic carbocycles. The van der Waals surface area contributed by atoms with Gasteiger partial charge in [-0.05, 0) is 54.1 Å². The first-order valence-electron chi connectivity index (χ1n) is 8.51. The third-order valence-electron chi connectivity index (χ3n) is 4.19. The first-order valence-corrected chi connectivity index (χ1v) is 10.1. The molecule has 1 amide bonds. The highest BCUT2D eigenvalue weighted by atomic mass is 32.2. The van der Waals surface area contributed by atoms with Gasteiger partial charge in [-0.2, -0.15) is 0 Å². The largest absolute Gasteiger partial charge is 0.507 e. The van der Waals surface area contributed by atoms with Crippen molar-refractivity contribution in [1.29, 1.82) is 0 Å². The highest BCUT2D eigenvalue weighted by Crippen LogP contribution is 2.26. The molecule has 0 unspecified atom stereocenters. The molecule has 0 bridgehead atoms. The fraction of sp³-hybridized carbons (Fsp3) is 0.100. The highest BCUT2D eigenvalue weighted by molar-refractivity contribution is 7.89. The van der Waals surface area contributed by atoms with E-state index in [2.05, 4.69) is 5.32 Å². The van der Waals surface area contributed by atoms with Crippen LogP contribution in [0.4, 0.5) is 5.69 Å². The predicted octanol–water partition coefficient (Wildman–Crippen LogP) is 2.38. The minimum absolute atomic E-state index is 0.0548. The van der Waals surface area contributed by atoms with Crippen LogP contribution >= 0.6 is 0 Å². The zero-order valence-corrected chi connectivity index (χ0v) is 16.1. The van der Waals surface area contributed by atoms with Crippen LogP contribution in [0.1, 0.15) is 17.3 Å². The second-order valence-corrected chi connectivity index (χ2v) is 7.88. The third kappa shape index (κ3) is 4.71. The van der Waals surface area contributed by atoms with Crippen molar-refractivity contribution in [2.24, 2.45) is 5.14 Å². The molecular formula is C20H18N2O6S. The molecule has 9 heteroatoms. The third-order valence-corrected chi connectivity index (χ3v) is 5.12. The second kappa shape index (κ2) is 7.90. The normalized spacial score (nSPS) is 12.3. The Labute approximate surface area is 167 Å². The Hall–Kier alpha value is -3.43. The van der Waals surface area contributed by atoms with Gasteiger partial charge in [-0.25, -0.2) is 18.4 Å². The molecule has 8 nitrogen and oxygen atoms in total. The van der Waals surface area contributed by atoms with Crippen molar-refractivity contribution in [2.75, 3.05) is 5.32 Å². The van der Waals surface area contributed by atoms with Crippen LogP contribution in [0.2, 0.25) is 0 Å². The molecule has 0 spiro atoms. The van der Waals surface area contributed by atoms with Gasteiger partial charge in [0.2, 0.25) is 10.0 Å². The van der Waals surface area contributed by atoms with E-state index in [4.69, 9.17) is 9.88 Å². The van der Waals surface area contributed by atoms with Gasteiger partial charge in [0.1, 0.15) is 11.3 Å². The fourth-order valence-corrected chi connectivity index (χ4v) is 3.16. The van der Waals surface area contributed by atoms with E-state index < -0.39 is 28.0 Å². The molecule has 3 aromatic rings. The zero-order valence-electron chi connectivity index (χ0n) is 15.3. The first-order chi connectivity index (χ1) is 13.6. The van der Waals surface area contributed by atoms with Crippen molar-refractivity contribution < 1.29 is 27.9 Å². The van der Waals surface area contributed by atoms with Crippen LogP contribution in [0.15, 0.2) is 65.6 Å². The summed E-state index contributed by atoms with van der Waals surface area (Å²) in [5, 5.41) is 19.1. The minimum Gasteiger partial charge on any atom is -0.507 e. The molecule has 1 atom stereocenters. The number of phenolic OH excluding ortho intramolecular Hbond substituents is 1. The lowest BCUT2D eigenvalue weighted by Gasteiger charge is -2.14. The Morgan fingerprint density at radius 1 is 1.03 bits per heavy atom. The summed E-state index contributed by atoms with van der Waals surface area (Å²) in [4.78, 5) is 24.6. The van der Waals surface area contributed by atoms with Crippen molar-refractivity contribution in [2.45, 2.75) is 17.9 Å². The van der Waals surface area contributed by atoms with Gasteiger partial charge in [-0.1, -0.05) is 24.3 Å². The average Bonchev–Trinajstić information content (AvgIpc) is 2.67. The van der Waals surface area contributed by atoms with E-state index >= 15 is 0 Å². The summed E-state index contributed by atoms with van der Waals surface area (Å²) in [5.74, 6) is -1.72. The average molecular weight is 414 g/mol. The minimum atomic E-state index is -3.84. The van der Waals surface area contributed by atoms with Gasteiger partial charge in [0, 0.05) is 5.69 Å². The van der Waals surface area contributed by atoms with E-state index in [0.717, 1.165) is 10.8 Å². The Balaban J connectivity index is 1.69. The molecule has 0 saturated carbocycles. The molecule has 4 N–H and O–H groups in total. The van der Waals surface area contributed by atoms with Gasteiger partial charge in [-0.3, -0.25) is 4.79 Å². The maximum absolute atomic E-state index is 12.4. The van der Waals surface area contributed by atoms with Gasteiger partial charge in [0.25, 0.3) is 5.91 Å². The smallest absolute Gasteiger partial charge is 0.342 e. The lowest BCUT2D eigenvalue weighted by molar-refractivity contribution is -0.123. The number of nitrogens with one attached hydrogen (secondary N) is 1. The molecule has 150 valence electrons. The number of esters is 1. The van der Waals surface area contributed by atoms with Gasteiger partial charge in [0.05, 0.1) is 4.90 Å². The lowest BCUT2D eigenvalue weighted by Crippen LogP contribution is -2.30. The molecule has 3 aromatic carbocycles. The number of aromatic hydroxyl groups is 1. The summed E-state index contributed by atoms with van der Waals surface area (Å²) in [7, 11) is -3.84. The summed E-state index contributed by atoms with van der Waals surface area (Å²) < 4.78 is 27.7. The van der Waals surface area contributed by atoms with Crippen LogP contribution in [-0.2, 0) is 19.6 Å². The number of primary sulfonamides is 1. The maximum Gasteiger partial charge on any atom is 0.342 e. The SMILES string of the molecule is C[C@@H](OC(=O)c1cc2ccccc2cc1O)C(=O)Nc1ccc(S(N)(=O)=O)cc1. The molecule has 0 aromatic heterocycles. The van der Waals surface area contributed by atoms with Gasteiger partial charge >= 0.3 is 5.97 Å². The van der Waals surface area contributed by atoms with E-state index in [-0.39, 0.29) is 16.2 Å². The number of amides is 1. The molecular weight excluding hydrogens is 396 g/mol. The molecule has 29 heavy (non-hydrogen) atoms. The predicted molar refractivity (Wildman–Crippen MR) is 107 cm³/mol. The summed E-state index contributed by atoms with van der Waals surface area (Å²) in [6, 6.07) is 15.3. The molecule has 0 saturated heterocycles. The number of carbonyl (C=O) groups is 2. The number of phenols is 1. The number of hydrogen-bond acceptors (Lipinski definition) is 6. The van der Waals surface area contributed by atoms with Gasteiger partial charge in [0.15, 0.2) is 6.10 Å². The van der Waals surface area contributed by atoms with Crippen molar-refractivity contribution in [3.8, 4) is 5.75 Å². The Bertz CT molecular complexity index is 1190. The van der Waals surface area contributed by atoms with Crippen LogP contribution in [0.3, 0.4) is 0 Å². The number of benzene rings is 3. The summed E-state index contributed by atoms with van der Waals surface area (Å²) in [5.41, 5.74) is 0.250. The standard InChI is InChI=1S/C20H18N2O6S/c1-12(19(24)22-15-6-8-16(9-7-15)29(21,26)27)28-20(25)17-10-13-4-2-3-5-14(13)11-18(17)23/h2-12,23H,1H3,(H,22,24)(H2,21,26,27)/t12-/m1/s1. The number of carbonyl (C=O) groups excluding carboxylic acids is 2. The first kappa shape index (κ1) is 20.3. The van der Waals surface area contributed by atoms with Crippen molar-refractivity contribution in [3.05, 3.63) is 66.2 Å². The molecule has 0 aliphatic rings. The number of ether oxygens (including phenoxy) is 1. The van der Waals surface area contributed by atoms with Crippen LogP contribution in [0.25, 0.3) is 10.8 Å². The van der Waals surface area contributed by atoms with E-state index in [1.54, 1.807) is 18.2 Å². The topological polar surface area (TPSA) is 136 Å². The molecule has 0 radical (unpaired) electrons. The van der Waals surface area contributed by atoms with Crippen LogP contribution in [0.5, 0.6) is 5.75 Å². The number of sulfonamides is 1. The van der Waals surface area contributed by atoms with Gasteiger partial charge in [-0.15, -0.1) is 0 Å². The van der Waals surface area contributed by atoms with E-state index in [1.807, 2.05) is 6.07 Å². The second-order valence-electron chi connectivity index (χ2n) is 6.32. The summed E-state index contributed by atoms with van der Waals surface area (Å²) >= 11 is 0. The fourth-order valence-electron chi connectivity index (χ4n) is 2.64. The number of rotatable bonds is 5. The maximum atomic E-state index is 12.4. The zero-order chi connectivity index (χ0) is 21.2. The number of hydrogen-bond donors (Lipinski definition) is 3. The van der Waals surface area contributed by atoms with Crippen molar-refractivity contribution in [3.63, 3.8) is 0 Å². The highest BCUT2D eigenvalue weighted by Gasteiger charge is 2.21. The molecule has 0 heterocycles. The lowest BCUT2D eigenvalue weighted by atomic mass is 10.1. The Morgan fingerprint density at radius 3 is 2.21 bits per heavy atom. The van der Waals surface area contributed by atoms with Crippen LogP contribution in [-0.4, -0.2) is 31.5 Å². The number of nitrogens with two attached hydrogens (primary N) is 1. The number of fused-ring (bicyclic) bond motifs is 1. The van der Waals surface area contributed by atoms with Crippen molar-refractivity contribution >= 4 is 38.4 Å². The monoisotopic (exact) mass is 414 g/mol. The quantitative estimate of drug-likeness (QED) is 0.549. The Morgan fingerprint density at radius 2 is 1.62 bits per heavy atom. The molecule has 0 fully saturated rings. The van der Waals surface area contributed by atoms with Crippen LogP contribution < -0.4 is 10.5 Å². The number of anilines is 1. The van der Waals surface area contributed by atoms with Crippen LogP contribution in [0, 0.1) is 0 Å². The van der Waals surface area contributed by atoms with Gasteiger partial charge < -0.3 is 15.2 Å². The molecule has 3 rings (SSSR count). The van der Waals surface area contributed by atoms with E-state index in [0.29, 0.717) is 5.69 Å². The summed E-state index contributed by atoms with van der Waals surface area (Å²) in [6.45, 7) is 1.38. The van der Waals surface area contributed by atoms with E-state index in [1.165, 1.54) is 43.3 Å². The Kier molecular flexibility index (Phi) is 5.53. The van der Waals surface area contributed by atoms with Crippen molar-refractivity contribution in [1.82, 2.24) is 0 Å². The summed E-state index contributed by atoms with van der Waals surface area (Å²) in [6.07, 6.45) is -1.16.